The zero-order chi connectivity index (χ0) is 28.2. The zero-order valence-electron chi connectivity index (χ0n) is 23.6. The molecule has 5 atom stereocenters. The number of nitrogens with one attached hydrogen (secondary N) is 2. The Bertz CT molecular complexity index is 1050. The van der Waals surface area contributed by atoms with Gasteiger partial charge in [0.05, 0.1) is 29.8 Å². The van der Waals surface area contributed by atoms with E-state index >= 15 is 0 Å². The molecule has 1 aromatic carbocycles. The van der Waals surface area contributed by atoms with Gasteiger partial charge < -0.3 is 25.4 Å². The Kier molecular flexibility index (Phi) is 9.39. The van der Waals surface area contributed by atoms with Gasteiger partial charge in [-0.3, -0.25) is 19.3 Å². The van der Waals surface area contributed by atoms with Gasteiger partial charge in [0.2, 0.25) is 17.7 Å². The fourth-order valence-corrected chi connectivity index (χ4v) is 9.63. The third-order valence-corrected chi connectivity index (χ3v) is 11.2. The molecule has 4 saturated heterocycles. The molecule has 1 aromatic rings. The van der Waals surface area contributed by atoms with Crippen LogP contribution in [0.5, 0.6) is 0 Å². The van der Waals surface area contributed by atoms with Crippen LogP contribution in [-0.2, 0) is 25.7 Å². The van der Waals surface area contributed by atoms with Crippen molar-refractivity contribution in [2.24, 2.45) is 11.8 Å². The van der Waals surface area contributed by atoms with Crippen molar-refractivity contribution in [1.82, 2.24) is 20.4 Å². The number of hydrogen-bond donors (Lipinski definition) is 3. The Morgan fingerprint density at radius 3 is 2.52 bits per heavy atom. The molecule has 220 valence electrons. The average molecular weight is 573 g/mol. The number of nitrogens with zero attached hydrogens (tertiary/aromatic N) is 2. The highest BCUT2D eigenvalue weighted by molar-refractivity contribution is 8.02. The molecular weight excluding hydrogens is 528 g/mol. The van der Waals surface area contributed by atoms with Gasteiger partial charge in [0.15, 0.2) is 0 Å². The van der Waals surface area contributed by atoms with Crippen molar-refractivity contribution in [2.75, 3.05) is 52.5 Å². The number of aliphatic hydroxyl groups excluding tert-OH is 1. The number of thioether (sulfide) groups is 1. The van der Waals surface area contributed by atoms with Crippen LogP contribution in [0.1, 0.15) is 51.0 Å². The van der Waals surface area contributed by atoms with Crippen molar-refractivity contribution in [3.05, 3.63) is 35.9 Å². The van der Waals surface area contributed by atoms with E-state index in [0.29, 0.717) is 32.8 Å². The molecule has 0 saturated carbocycles. The van der Waals surface area contributed by atoms with E-state index in [1.165, 1.54) is 0 Å². The number of carbonyl (C=O) groups excluding carboxylic acids is 3. The minimum absolute atomic E-state index is 0.0497. The number of morpholine rings is 1. The van der Waals surface area contributed by atoms with Gasteiger partial charge in [-0.2, -0.15) is 0 Å². The first-order valence-electron chi connectivity index (χ1n) is 14.9. The van der Waals surface area contributed by atoms with Gasteiger partial charge in [-0.25, -0.2) is 0 Å². The van der Waals surface area contributed by atoms with Crippen LogP contribution in [0.3, 0.4) is 0 Å². The molecule has 0 radical (unpaired) electrons. The molecule has 4 aliphatic heterocycles. The van der Waals surface area contributed by atoms with E-state index in [1.807, 2.05) is 30.3 Å². The number of unbranched alkanes of at least 4 members (excludes halogenated alkanes) is 3. The van der Waals surface area contributed by atoms with Gasteiger partial charge in [-0.05, 0) is 38.2 Å². The van der Waals surface area contributed by atoms with E-state index in [2.05, 4.69) is 22.5 Å². The standard InChI is InChI=1S/C30H44N4O5S/c1-29-11-12-30(40-29)24(23(29)26(36)32-21-22-9-5-4-6-10-22)28(38)34(14-7-2-3-8-18-35)25(30)27(37)31-13-15-33-16-19-39-20-17-33/h4-6,9-10,23-25,35H,2-3,7-8,11-21H2,1H3,(H,31,37)(H,32,36)/t23-,24-,25?,29+,30?/m0/s1. The van der Waals surface area contributed by atoms with E-state index in [0.717, 1.165) is 63.7 Å². The summed E-state index contributed by atoms with van der Waals surface area (Å²) < 4.78 is 4.47. The maximum Gasteiger partial charge on any atom is 0.244 e. The zero-order valence-corrected chi connectivity index (χ0v) is 24.4. The summed E-state index contributed by atoms with van der Waals surface area (Å²) in [6.45, 7) is 7.61. The fraction of sp³-hybridized carbons (Fsp3) is 0.700. The molecule has 4 aliphatic rings. The van der Waals surface area contributed by atoms with Crippen molar-refractivity contribution in [3.8, 4) is 0 Å². The predicted octanol–water partition coefficient (Wildman–Crippen LogP) is 1.79. The molecule has 3 N–H and O–H groups in total. The predicted molar refractivity (Wildman–Crippen MR) is 155 cm³/mol. The van der Waals surface area contributed by atoms with Crippen LogP contribution in [0.25, 0.3) is 0 Å². The Balaban J connectivity index is 1.33. The first kappa shape index (κ1) is 29.4. The van der Waals surface area contributed by atoms with Gasteiger partial charge in [0, 0.05) is 50.6 Å². The lowest BCUT2D eigenvalue weighted by atomic mass is 9.66. The molecule has 10 heteroatoms. The summed E-state index contributed by atoms with van der Waals surface area (Å²) in [4.78, 5) is 45.9. The Morgan fingerprint density at radius 1 is 1.02 bits per heavy atom. The first-order valence-corrected chi connectivity index (χ1v) is 15.7. The number of hydrogen-bond acceptors (Lipinski definition) is 7. The third kappa shape index (κ3) is 5.78. The Morgan fingerprint density at radius 2 is 1.77 bits per heavy atom. The van der Waals surface area contributed by atoms with Crippen LogP contribution in [0.15, 0.2) is 30.3 Å². The number of carbonyl (C=O) groups is 3. The molecule has 3 amide bonds. The van der Waals surface area contributed by atoms with Crippen LogP contribution < -0.4 is 10.6 Å². The van der Waals surface area contributed by atoms with Crippen molar-refractivity contribution < 1.29 is 24.2 Å². The maximum atomic E-state index is 14.1. The van der Waals surface area contributed by atoms with Crippen molar-refractivity contribution >= 4 is 29.5 Å². The topological polar surface area (TPSA) is 111 Å². The summed E-state index contributed by atoms with van der Waals surface area (Å²) in [6.07, 6.45) is 4.87. The molecule has 9 nitrogen and oxygen atoms in total. The van der Waals surface area contributed by atoms with Gasteiger partial charge in [0.25, 0.3) is 0 Å². The second kappa shape index (κ2) is 12.8. The highest BCUT2D eigenvalue weighted by atomic mass is 32.2. The number of rotatable bonds is 13. The van der Waals surface area contributed by atoms with Gasteiger partial charge in [-0.15, -0.1) is 11.8 Å². The van der Waals surface area contributed by atoms with E-state index in [4.69, 9.17) is 9.84 Å². The number of benzene rings is 1. The van der Waals surface area contributed by atoms with E-state index in [-0.39, 0.29) is 29.1 Å². The van der Waals surface area contributed by atoms with Crippen molar-refractivity contribution in [1.29, 1.82) is 0 Å². The monoisotopic (exact) mass is 572 g/mol. The van der Waals surface area contributed by atoms with Gasteiger partial charge in [-0.1, -0.05) is 43.2 Å². The Hall–Kier alpha value is -2.14. The van der Waals surface area contributed by atoms with Crippen LogP contribution in [0.4, 0.5) is 0 Å². The number of aliphatic hydroxyl groups is 1. The minimum Gasteiger partial charge on any atom is -0.396 e. The SMILES string of the molecule is C[C@]12CCC3(S1)C(C(=O)NCCN1CCOCC1)N(CCCCCCO)C(=O)[C@@H]3[C@H]2C(=O)NCc1ccccc1. The second-order valence-electron chi connectivity index (χ2n) is 11.8. The molecule has 40 heavy (non-hydrogen) atoms. The minimum atomic E-state index is -0.589. The Labute approximate surface area is 241 Å². The molecule has 5 rings (SSSR count). The van der Waals surface area contributed by atoms with Gasteiger partial charge >= 0.3 is 0 Å². The van der Waals surface area contributed by atoms with Crippen LogP contribution in [0, 0.1) is 11.8 Å². The van der Waals surface area contributed by atoms with Crippen molar-refractivity contribution in [3.63, 3.8) is 0 Å². The highest BCUT2D eigenvalue weighted by Gasteiger charge is 2.76. The number of fused-ring (bicyclic) bond motifs is 1. The number of likely N-dealkylation sites (tertiary alicyclic amines) is 1. The summed E-state index contributed by atoms with van der Waals surface area (Å²) in [5.41, 5.74) is 1.02. The largest absolute Gasteiger partial charge is 0.396 e. The highest BCUT2D eigenvalue weighted by Crippen LogP contribution is 2.71. The summed E-state index contributed by atoms with van der Waals surface area (Å²) in [5.74, 6) is -1.20. The summed E-state index contributed by atoms with van der Waals surface area (Å²) >= 11 is 1.72. The van der Waals surface area contributed by atoms with E-state index in [1.54, 1.807) is 16.7 Å². The quantitative estimate of drug-likeness (QED) is 0.309. The molecule has 2 bridgehead atoms. The van der Waals surface area contributed by atoms with Crippen LogP contribution >= 0.6 is 11.8 Å². The third-order valence-electron chi connectivity index (χ3n) is 9.26. The lowest BCUT2D eigenvalue weighted by molar-refractivity contribution is -0.140. The van der Waals surface area contributed by atoms with Crippen LogP contribution in [-0.4, -0.2) is 101 Å². The molecule has 0 aromatic heterocycles. The summed E-state index contributed by atoms with van der Waals surface area (Å²) in [6, 6.07) is 9.24. The molecule has 4 fully saturated rings. The molecule has 4 heterocycles. The molecular formula is C30H44N4O5S. The van der Waals surface area contributed by atoms with E-state index in [9.17, 15) is 14.4 Å². The lowest BCUT2D eigenvalue weighted by Crippen LogP contribution is -2.55. The molecule has 1 spiro atoms. The molecule has 0 aliphatic carbocycles. The number of ether oxygens (including phenoxy) is 1. The van der Waals surface area contributed by atoms with Gasteiger partial charge in [0.1, 0.15) is 6.04 Å². The van der Waals surface area contributed by atoms with Crippen molar-refractivity contribution in [2.45, 2.75) is 67.5 Å². The number of amides is 3. The maximum absolute atomic E-state index is 14.1. The fourth-order valence-electron chi connectivity index (χ4n) is 7.27. The first-order chi connectivity index (χ1) is 19.4. The van der Waals surface area contributed by atoms with Crippen LogP contribution in [0.2, 0.25) is 0 Å². The molecule has 2 unspecified atom stereocenters. The summed E-state index contributed by atoms with van der Waals surface area (Å²) in [7, 11) is 0. The van der Waals surface area contributed by atoms with E-state index < -0.39 is 22.6 Å². The summed E-state index contributed by atoms with van der Waals surface area (Å²) in [5, 5.41) is 15.4. The normalized spacial score (nSPS) is 31.4. The average Bonchev–Trinajstić information content (AvgIpc) is 3.53. The second-order valence-corrected chi connectivity index (χ2v) is 13.7. The lowest BCUT2D eigenvalue weighted by Gasteiger charge is -2.35. The smallest absolute Gasteiger partial charge is 0.244 e.